The lowest BCUT2D eigenvalue weighted by molar-refractivity contribution is 0.305. The van der Waals surface area contributed by atoms with Gasteiger partial charge in [0.15, 0.2) is 0 Å². The van der Waals surface area contributed by atoms with Gasteiger partial charge in [0, 0.05) is 11.6 Å². The highest BCUT2D eigenvalue weighted by Gasteiger charge is 1.97. The summed E-state index contributed by atoms with van der Waals surface area (Å²) in [5, 5.41) is 2.97. The summed E-state index contributed by atoms with van der Waals surface area (Å²) in [4.78, 5) is 4.16. The highest BCUT2D eigenvalue weighted by atomic mass is 32.1. The van der Waals surface area contributed by atoms with Gasteiger partial charge in [-0.05, 0) is 24.1 Å². The van der Waals surface area contributed by atoms with Gasteiger partial charge in [0.25, 0.3) is 0 Å². The summed E-state index contributed by atoms with van der Waals surface area (Å²) in [5.41, 5.74) is 1.33. The summed E-state index contributed by atoms with van der Waals surface area (Å²) in [6.07, 6.45) is 2.86. The van der Waals surface area contributed by atoms with Crippen LogP contribution in [0.3, 0.4) is 0 Å². The van der Waals surface area contributed by atoms with Crippen molar-refractivity contribution in [1.29, 1.82) is 0 Å². The highest BCUT2D eigenvalue weighted by Crippen LogP contribution is 2.15. The Morgan fingerprint density at radius 1 is 1.27 bits per heavy atom. The monoisotopic (exact) mass is 219 g/mol. The Kier molecular flexibility index (Phi) is 3.35. The molecule has 0 N–H and O–H groups in total. The zero-order valence-electron chi connectivity index (χ0n) is 8.64. The molecule has 1 heterocycles. The molecule has 1 aromatic carbocycles. The first-order valence-electron chi connectivity index (χ1n) is 4.98. The molecular formula is C12H13NOS. The Morgan fingerprint density at radius 3 is 2.67 bits per heavy atom. The van der Waals surface area contributed by atoms with Gasteiger partial charge in [-0.3, -0.25) is 0 Å². The van der Waals surface area contributed by atoms with E-state index >= 15 is 0 Å². The first kappa shape index (κ1) is 10.2. The van der Waals surface area contributed by atoms with Crippen LogP contribution in [0.1, 0.15) is 17.5 Å². The Balaban J connectivity index is 1.93. The Labute approximate surface area is 93.6 Å². The number of benzene rings is 1. The van der Waals surface area contributed by atoms with Crippen LogP contribution in [0.2, 0.25) is 0 Å². The van der Waals surface area contributed by atoms with E-state index in [0.29, 0.717) is 6.61 Å². The fraction of sp³-hybridized carbons (Fsp3) is 0.250. The van der Waals surface area contributed by atoms with E-state index in [1.165, 1.54) is 5.56 Å². The Bertz CT molecular complexity index is 394. The lowest BCUT2D eigenvalue weighted by atomic mass is 10.2. The first-order valence-corrected chi connectivity index (χ1v) is 5.86. The standard InChI is InChI=1S/C12H13NOS/c1-2-10-3-5-11(6-4-10)14-9-12-13-7-8-15-12/h3-8H,2,9H2,1H3. The van der Waals surface area contributed by atoms with Gasteiger partial charge < -0.3 is 4.74 Å². The van der Waals surface area contributed by atoms with Crippen molar-refractivity contribution in [3.63, 3.8) is 0 Å². The van der Waals surface area contributed by atoms with E-state index in [-0.39, 0.29) is 0 Å². The van der Waals surface area contributed by atoms with Crippen molar-refractivity contribution in [1.82, 2.24) is 4.98 Å². The van der Waals surface area contributed by atoms with Gasteiger partial charge in [-0.25, -0.2) is 4.98 Å². The minimum Gasteiger partial charge on any atom is -0.486 e. The summed E-state index contributed by atoms with van der Waals surface area (Å²) in [6, 6.07) is 8.20. The van der Waals surface area contributed by atoms with Crippen LogP contribution in [0.5, 0.6) is 5.75 Å². The predicted molar refractivity (Wildman–Crippen MR) is 62.3 cm³/mol. The Hall–Kier alpha value is -1.35. The van der Waals surface area contributed by atoms with E-state index in [1.807, 2.05) is 17.5 Å². The van der Waals surface area contributed by atoms with Crippen LogP contribution >= 0.6 is 11.3 Å². The molecule has 2 aromatic rings. The topological polar surface area (TPSA) is 22.1 Å². The zero-order chi connectivity index (χ0) is 10.5. The molecule has 0 saturated carbocycles. The highest BCUT2D eigenvalue weighted by molar-refractivity contribution is 7.09. The summed E-state index contributed by atoms with van der Waals surface area (Å²) >= 11 is 1.61. The molecule has 0 saturated heterocycles. The minimum atomic E-state index is 0.559. The number of thiazole rings is 1. The molecule has 0 spiro atoms. The molecule has 0 aliphatic rings. The second-order valence-electron chi connectivity index (χ2n) is 3.21. The van der Waals surface area contributed by atoms with E-state index < -0.39 is 0 Å². The summed E-state index contributed by atoms with van der Waals surface area (Å²) in [5.74, 6) is 0.905. The second kappa shape index (κ2) is 4.94. The number of nitrogens with zero attached hydrogens (tertiary/aromatic N) is 1. The number of aryl methyl sites for hydroxylation is 1. The van der Waals surface area contributed by atoms with Crippen molar-refractivity contribution in [2.24, 2.45) is 0 Å². The fourth-order valence-corrected chi connectivity index (χ4v) is 1.82. The van der Waals surface area contributed by atoms with Crippen molar-refractivity contribution >= 4 is 11.3 Å². The van der Waals surface area contributed by atoms with Gasteiger partial charge in [-0.2, -0.15) is 0 Å². The maximum atomic E-state index is 5.60. The molecule has 2 nitrogen and oxygen atoms in total. The molecule has 0 radical (unpaired) electrons. The van der Waals surface area contributed by atoms with Crippen LogP contribution in [0.25, 0.3) is 0 Å². The summed E-state index contributed by atoms with van der Waals surface area (Å²) in [7, 11) is 0. The lowest BCUT2D eigenvalue weighted by Crippen LogP contribution is -1.94. The molecule has 2 rings (SSSR count). The van der Waals surface area contributed by atoms with Crippen molar-refractivity contribution < 1.29 is 4.74 Å². The van der Waals surface area contributed by atoms with Crippen LogP contribution in [-0.4, -0.2) is 4.98 Å². The maximum absolute atomic E-state index is 5.60. The smallest absolute Gasteiger partial charge is 0.140 e. The Morgan fingerprint density at radius 2 is 2.07 bits per heavy atom. The molecule has 0 fully saturated rings. The van der Waals surface area contributed by atoms with Crippen LogP contribution in [-0.2, 0) is 13.0 Å². The summed E-state index contributed by atoms with van der Waals surface area (Å²) in [6.45, 7) is 2.70. The SMILES string of the molecule is CCc1ccc(OCc2nccs2)cc1. The average molecular weight is 219 g/mol. The number of hydrogen-bond acceptors (Lipinski definition) is 3. The van der Waals surface area contributed by atoms with Gasteiger partial charge in [0.2, 0.25) is 0 Å². The molecule has 0 atom stereocenters. The third kappa shape index (κ3) is 2.80. The minimum absolute atomic E-state index is 0.559. The molecule has 0 aliphatic carbocycles. The molecule has 15 heavy (non-hydrogen) atoms. The van der Waals surface area contributed by atoms with Crippen molar-refractivity contribution in [3.8, 4) is 5.75 Å². The van der Waals surface area contributed by atoms with Crippen LogP contribution in [0, 0.1) is 0 Å². The molecule has 1 aromatic heterocycles. The van der Waals surface area contributed by atoms with E-state index in [0.717, 1.165) is 17.2 Å². The normalized spacial score (nSPS) is 10.2. The van der Waals surface area contributed by atoms with E-state index in [9.17, 15) is 0 Å². The molecule has 0 bridgehead atoms. The maximum Gasteiger partial charge on any atom is 0.140 e. The molecule has 78 valence electrons. The molecule has 3 heteroatoms. The summed E-state index contributed by atoms with van der Waals surface area (Å²) < 4.78 is 5.60. The fourth-order valence-electron chi connectivity index (χ4n) is 1.29. The first-order chi connectivity index (χ1) is 7.38. The molecule has 0 unspecified atom stereocenters. The third-order valence-corrected chi connectivity index (χ3v) is 2.93. The van der Waals surface area contributed by atoms with Gasteiger partial charge in [-0.1, -0.05) is 19.1 Å². The van der Waals surface area contributed by atoms with Crippen molar-refractivity contribution in [3.05, 3.63) is 46.4 Å². The average Bonchev–Trinajstić information content (AvgIpc) is 2.80. The van der Waals surface area contributed by atoms with Gasteiger partial charge >= 0.3 is 0 Å². The lowest BCUT2D eigenvalue weighted by Gasteiger charge is -2.04. The van der Waals surface area contributed by atoms with Crippen LogP contribution < -0.4 is 4.74 Å². The van der Waals surface area contributed by atoms with Crippen LogP contribution in [0.4, 0.5) is 0 Å². The van der Waals surface area contributed by atoms with E-state index in [2.05, 4.69) is 24.0 Å². The number of ether oxygens (including phenoxy) is 1. The zero-order valence-corrected chi connectivity index (χ0v) is 9.46. The van der Waals surface area contributed by atoms with Crippen LogP contribution in [0.15, 0.2) is 35.8 Å². The number of rotatable bonds is 4. The quantitative estimate of drug-likeness (QED) is 0.787. The van der Waals surface area contributed by atoms with Gasteiger partial charge in [0.1, 0.15) is 17.4 Å². The predicted octanol–water partition coefficient (Wildman–Crippen LogP) is 3.28. The molecular weight excluding hydrogens is 206 g/mol. The molecule has 0 amide bonds. The van der Waals surface area contributed by atoms with E-state index in [4.69, 9.17) is 4.74 Å². The largest absolute Gasteiger partial charge is 0.486 e. The van der Waals surface area contributed by atoms with Gasteiger partial charge in [0.05, 0.1) is 0 Å². The van der Waals surface area contributed by atoms with Crippen molar-refractivity contribution in [2.75, 3.05) is 0 Å². The third-order valence-electron chi connectivity index (χ3n) is 2.18. The second-order valence-corrected chi connectivity index (χ2v) is 4.19. The van der Waals surface area contributed by atoms with Crippen molar-refractivity contribution in [2.45, 2.75) is 20.0 Å². The van der Waals surface area contributed by atoms with Gasteiger partial charge in [-0.15, -0.1) is 11.3 Å². The number of hydrogen-bond donors (Lipinski definition) is 0. The number of aromatic nitrogens is 1. The molecule has 0 aliphatic heterocycles. The van der Waals surface area contributed by atoms with E-state index in [1.54, 1.807) is 17.5 Å².